The van der Waals surface area contributed by atoms with Gasteiger partial charge in [0.15, 0.2) is 0 Å². The van der Waals surface area contributed by atoms with Crippen molar-refractivity contribution in [2.24, 2.45) is 5.92 Å². The number of aryl methyl sites for hydroxylation is 1. The molecule has 2 heterocycles. The minimum Gasteiger partial charge on any atom is -0.468 e. The molecule has 3 rings (SSSR count). The van der Waals surface area contributed by atoms with Gasteiger partial charge in [-0.1, -0.05) is 13.8 Å². The monoisotopic (exact) mass is 338 g/mol. The van der Waals surface area contributed by atoms with Gasteiger partial charge in [0.25, 0.3) is 0 Å². The van der Waals surface area contributed by atoms with E-state index in [1.165, 1.54) is 13.4 Å². The van der Waals surface area contributed by atoms with E-state index in [0.29, 0.717) is 18.3 Å². The number of methoxy groups -OCH3 is 1. The third-order valence-corrected chi connectivity index (χ3v) is 4.21. The van der Waals surface area contributed by atoms with Crippen molar-refractivity contribution in [3.8, 4) is 17.1 Å². The molecule has 0 aliphatic heterocycles. The number of benzene rings is 1. The zero-order chi connectivity index (χ0) is 18.0. The smallest absolute Gasteiger partial charge is 0.304 e. The summed E-state index contributed by atoms with van der Waals surface area (Å²) in [5.74, 6) is 0.455. The first-order valence-corrected chi connectivity index (χ1v) is 8.37. The number of rotatable bonds is 5. The van der Waals surface area contributed by atoms with Crippen LogP contribution in [-0.4, -0.2) is 32.5 Å². The van der Waals surface area contributed by atoms with Gasteiger partial charge in [-0.3, -0.25) is 4.79 Å². The number of nitrogens with zero attached hydrogens (tertiary/aromatic N) is 4. The van der Waals surface area contributed by atoms with E-state index < -0.39 is 0 Å². The molecule has 0 saturated heterocycles. The summed E-state index contributed by atoms with van der Waals surface area (Å²) in [6, 6.07) is 4.25. The van der Waals surface area contributed by atoms with Gasteiger partial charge in [-0.05, 0) is 42.5 Å². The van der Waals surface area contributed by atoms with Crippen molar-refractivity contribution in [3.05, 3.63) is 36.4 Å². The van der Waals surface area contributed by atoms with Gasteiger partial charge in [0.2, 0.25) is 5.91 Å². The van der Waals surface area contributed by atoms with Crippen LogP contribution in [0.3, 0.4) is 0 Å². The number of carbonyl (C=O) groups excluding carboxylic acids is 1. The summed E-state index contributed by atoms with van der Waals surface area (Å²) in [7, 11) is 1.53. The third-order valence-electron chi connectivity index (χ3n) is 4.21. The van der Waals surface area contributed by atoms with E-state index >= 15 is 0 Å². The van der Waals surface area contributed by atoms with Gasteiger partial charge in [0, 0.05) is 24.4 Å². The topological polar surface area (TPSA) is 69.9 Å². The molecule has 0 aliphatic carbocycles. The van der Waals surface area contributed by atoms with Gasteiger partial charge in [-0.15, -0.1) is 0 Å². The van der Waals surface area contributed by atoms with Crippen molar-refractivity contribution < 1.29 is 9.53 Å². The second-order valence-corrected chi connectivity index (χ2v) is 6.54. The third kappa shape index (κ3) is 3.38. The summed E-state index contributed by atoms with van der Waals surface area (Å²) in [6.45, 7) is 6.22. The molecule has 0 spiro atoms. The molecule has 0 amide bonds. The number of hydrogen-bond acceptors (Lipinski definition) is 5. The van der Waals surface area contributed by atoms with Gasteiger partial charge in [0.1, 0.15) is 6.33 Å². The Morgan fingerprint density at radius 1 is 1.24 bits per heavy atom. The highest BCUT2D eigenvalue weighted by Crippen LogP contribution is 2.30. The molecule has 0 radical (unpaired) electrons. The van der Waals surface area contributed by atoms with Gasteiger partial charge in [-0.25, -0.2) is 14.5 Å². The SMILES string of the molecule is COc1nc2cc(C)c(-c3cncnc3)cc2n1C(=O)CCC(C)C. The van der Waals surface area contributed by atoms with Crippen molar-refractivity contribution in [1.82, 2.24) is 19.5 Å². The van der Waals surface area contributed by atoms with E-state index in [1.807, 2.05) is 19.1 Å². The molecule has 0 bridgehead atoms. The molecule has 130 valence electrons. The lowest BCUT2D eigenvalue weighted by Crippen LogP contribution is -2.13. The number of ether oxygens (including phenoxy) is 1. The van der Waals surface area contributed by atoms with Crippen LogP contribution in [0.1, 0.15) is 37.0 Å². The summed E-state index contributed by atoms with van der Waals surface area (Å²) >= 11 is 0. The maximum Gasteiger partial charge on any atom is 0.304 e. The maximum absolute atomic E-state index is 12.8. The molecule has 25 heavy (non-hydrogen) atoms. The molecular weight excluding hydrogens is 316 g/mol. The molecule has 0 aliphatic rings. The number of carbonyl (C=O) groups is 1. The van der Waals surface area contributed by atoms with E-state index in [9.17, 15) is 4.79 Å². The summed E-state index contributed by atoms with van der Waals surface area (Å²) in [6.07, 6.45) is 6.31. The van der Waals surface area contributed by atoms with Gasteiger partial charge < -0.3 is 4.74 Å². The first-order chi connectivity index (χ1) is 12.0. The Balaban J connectivity index is 2.13. The second kappa shape index (κ2) is 7.01. The highest BCUT2D eigenvalue weighted by molar-refractivity contribution is 5.94. The Morgan fingerprint density at radius 3 is 2.60 bits per heavy atom. The van der Waals surface area contributed by atoms with Crippen LogP contribution in [0.25, 0.3) is 22.2 Å². The first kappa shape index (κ1) is 17.1. The van der Waals surface area contributed by atoms with Gasteiger partial charge in [0.05, 0.1) is 18.1 Å². The van der Waals surface area contributed by atoms with E-state index in [1.54, 1.807) is 17.0 Å². The lowest BCUT2D eigenvalue weighted by Gasteiger charge is -2.10. The first-order valence-electron chi connectivity index (χ1n) is 8.37. The van der Waals surface area contributed by atoms with Crippen LogP contribution >= 0.6 is 0 Å². The molecule has 1 aromatic carbocycles. The van der Waals surface area contributed by atoms with Crippen LogP contribution in [0.4, 0.5) is 0 Å². The quantitative estimate of drug-likeness (QED) is 0.706. The summed E-state index contributed by atoms with van der Waals surface area (Å²) in [5.41, 5.74) is 4.42. The zero-order valence-corrected chi connectivity index (χ0v) is 15.0. The van der Waals surface area contributed by atoms with Crippen molar-refractivity contribution in [2.45, 2.75) is 33.6 Å². The second-order valence-electron chi connectivity index (χ2n) is 6.54. The standard InChI is InChI=1S/C19H22N4O2/c1-12(2)5-6-18(24)23-17-8-15(14-9-20-11-21-10-14)13(3)7-16(17)22-19(23)25-4/h7-12H,5-6H2,1-4H3. The average molecular weight is 338 g/mol. The van der Waals surface area contributed by atoms with Crippen LogP contribution < -0.4 is 4.74 Å². The number of hydrogen-bond donors (Lipinski definition) is 0. The fraction of sp³-hybridized carbons (Fsp3) is 0.368. The van der Waals surface area contributed by atoms with Crippen LogP contribution in [0.15, 0.2) is 30.9 Å². The number of aromatic nitrogens is 4. The van der Waals surface area contributed by atoms with Gasteiger partial charge in [-0.2, -0.15) is 4.98 Å². The lowest BCUT2D eigenvalue weighted by atomic mass is 10.0. The molecular formula is C19H22N4O2. The van der Waals surface area contributed by atoms with Crippen molar-refractivity contribution in [1.29, 1.82) is 0 Å². The fourth-order valence-corrected chi connectivity index (χ4v) is 2.86. The average Bonchev–Trinajstić information content (AvgIpc) is 2.97. The highest BCUT2D eigenvalue weighted by atomic mass is 16.5. The Labute approximate surface area is 146 Å². The predicted octanol–water partition coefficient (Wildman–Crippen LogP) is 3.89. The summed E-state index contributed by atoms with van der Waals surface area (Å²) < 4.78 is 6.92. The Kier molecular flexibility index (Phi) is 4.79. The maximum atomic E-state index is 12.8. The largest absolute Gasteiger partial charge is 0.468 e. The molecule has 6 heteroatoms. The van der Waals surface area contributed by atoms with Crippen LogP contribution in [-0.2, 0) is 0 Å². The molecule has 3 aromatic rings. The van der Waals surface area contributed by atoms with E-state index in [-0.39, 0.29) is 5.91 Å². The highest BCUT2D eigenvalue weighted by Gasteiger charge is 2.19. The molecule has 0 atom stereocenters. The fourth-order valence-electron chi connectivity index (χ4n) is 2.86. The number of imidazole rings is 1. The van der Waals surface area contributed by atoms with Crippen LogP contribution in [0.2, 0.25) is 0 Å². The summed E-state index contributed by atoms with van der Waals surface area (Å²) in [4.78, 5) is 25.4. The molecule has 0 unspecified atom stereocenters. The van der Waals surface area contributed by atoms with Crippen LogP contribution in [0, 0.1) is 12.8 Å². The van der Waals surface area contributed by atoms with Gasteiger partial charge >= 0.3 is 6.01 Å². The Hall–Kier alpha value is -2.76. The number of fused-ring (bicyclic) bond motifs is 1. The summed E-state index contributed by atoms with van der Waals surface area (Å²) in [5, 5.41) is 0. The Bertz CT molecular complexity index is 901. The Morgan fingerprint density at radius 2 is 1.96 bits per heavy atom. The van der Waals surface area contributed by atoms with Crippen LogP contribution in [0.5, 0.6) is 6.01 Å². The predicted molar refractivity (Wildman–Crippen MR) is 96.7 cm³/mol. The van der Waals surface area contributed by atoms with Crippen molar-refractivity contribution in [2.75, 3.05) is 7.11 Å². The molecule has 0 fully saturated rings. The van der Waals surface area contributed by atoms with E-state index in [4.69, 9.17) is 4.74 Å². The van der Waals surface area contributed by atoms with E-state index in [2.05, 4.69) is 28.8 Å². The minimum atomic E-state index is -0.00725. The molecule has 0 N–H and O–H groups in total. The van der Waals surface area contributed by atoms with Crippen molar-refractivity contribution in [3.63, 3.8) is 0 Å². The normalized spacial score (nSPS) is 11.2. The lowest BCUT2D eigenvalue weighted by molar-refractivity contribution is 0.0889. The van der Waals surface area contributed by atoms with Crippen molar-refractivity contribution >= 4 is 16.9 Å². The van der Waals surface area contributed by atoms with E-state index in [0.717, 1.165) is 34.1 Å². The zero-order valence-electron chi connectivity index (χ0n) is 15.0. The molecule has 0 saturated carbocycles. The molecule has 6 nitrogen and oxygen atoms in total. The minimum absolute atomic E-state index is 0.00725. The molecule has 2 aromatic heterocycles.